The molecule has 7 heteroatoms. The summed E-state index contributed by atoms with van der Waals surface area (Å²) in [5.41, 5.74) is 2.18. The van der Waals surface area contributed by atoms with E-state index in [9.17, 15) is 4.79 Å². The lowest BCUT2D eigenvalue weighted by molar-refractivity contribution is -0.143. The van der Waals surface area contributed by atoms with Crippen molar-refractivity contribution in [3.8, 4) is 0 Å². The van der Waals surface area contributed by atoms with E-state index in [1.54, 1.807) is 23.7 Å². The van der Waals surface area contributed by atoms with Gasteiger partial charge in [-0.2, -0.15) is 0 Å². The Labute approximate surface area is 171 Å². The van der Waals surface area contributed by atoms with Crippen LogP contribution in [0.5, 0.6) is 0 Å². The summed E-state index contributed by atoms with van der Waals surface area (Å²) in [6.45, 7) is 2.03. The lowest BCUT2D eigenvalue weighted by atomic mass is 9.97. The quantitative estimate of drug-likeness (QED) is 0.313. The van der Waals surface area contributed by atoms with Gasteiger partial charge in [-0.3, -0.25) is 4.79 Å². The summed E-state index contributed by atoms with van der Waals surface area (Å²) in [7, 11) is 0. The van der Waals surface area contributed by atoms with E-state index in [0.717, 1.165) is 33.6 Å². The zero-order valence-electron chi connectivity index (χ0n) is 14.9. The molecule has 0 aliphatic heterocycles. The molecule has 0 unspecified atom stereocenters. The second-order valence-corrected chi connectivity index (χ2v) is 9.35. The largest absolute Gasteiger partial charge is 0.460 e. The number of thioether (sulfide) groups is 1. The van der Waals surface area contributed by atoms with Gasteiger partial charge in [-0.15, -0.1) is 11.3 Å². The van der Waals surface area contributed by atoms with Gasteiger partial charge in [-0.25, -0.2) is 9.97 Å². The predicted molar refractivity (Wildman–Crippen MR) is 111 cm³/mol. The first kappa shape index (κ1) is 18.7. The van der Waals surface area contributed by atoms with Crippen molar-refractivity contribution < 1.29 is 9.53 Å². The summed E-state index contributed by atoms with van der Waals surface area (Å²) in [6, 6.07) is 7.39. The lowest BCUT2D eigenvalue weighted by Crippen LogP contribution is -2.17. The van der Waals surface area contributed by atoms with E-state index in [-0.39, 0.29) is 17.8 Å². The van der Waals surface area contributed by atoms with Gasteiger partial charge < -0.3 is 4.74 Å². The second kappa shape index (κ2) is 8.17. The van der Waals surface area contributed by atoms with E-state index >= 15 is 0 Å². The van der Waals surface area contributed by atoms with Crippen LogP contribution in [0, 0.1) is 0 Å². The van der Waals surface area contributed by atoms with Crippen molar-refractivity contribution in [1.29, 1.82) is 0 Å². The molecular weight excluding hydrogens is 400 g/mol. The van der Waals surface area contributed by atoms with E-state index < -0.39 is 0 Å². The Kier molecular flexibility index (Phi) is 5.66. The topological polar surface area (TPSA) is 52.1 Å². The number of fused-ring (bicyclic) bond motifs is 3. The third-order valence-electron chi connectivity index (χ3n) is 4.66. The van der Waals surface area contributed by atoms with E-state index in [4.69, 9.17) is 16.3 Å². The highest BCUT2D eigenvalue weighted by atomic mass is 35.5. The van der Waals surface area contributed by atoms with Crippen LogP contribution < -0.4 is 0 Å². The van der Waals surface area contributed by atoms with Gasteiger partial charge in [0.1, 0.15) is 28.0 Å². The fraction of sp³-hybridized carbons (Fsp3) is 0.350. The molecule has 0 radical (unpaired) electrons. The Morgan fingerprint density at radius 3 is 2.96 bits per heavy atom. The molecule has 4 rings (SSSR count). The Morgan fingerprint density at radius 1 is 1.30 bits per heavy atom. The third-order valence-corrected chi connectivity index (χ3v) is 7.31. The van der Waals surface area contributed by atoms with Crippen molar-refractivity contribution in [1.82, 2.24) is 9.97 Å². The number of thiophene rings is 1. The van der Waals surface area contributed by atoms with Crippen LogP contribution in [0.3, 0.4) is 0 Å². The molecular formula is C20H19ClN2O2S2. The molecule has 4 nitrogen and oxygen atoms in total. The van der Waals surface area contributed by atoms with E-state index in [0.29, 0.717) is 5.02 Å². The molecule has 27 heavy (non-hydrogen) atoms. The van der Waals surface area contributed by atoms with Crippen molar-refractivity contribution in [2.24, 2.45) is 0 Å². The van der Waals surface area contributed by atoms with Gasteiger partial charge in [-0.05, 0) is 44.2 Å². The van der Waals surface area contributed by atoms with Crippen molar-refractivity contribution in [3.63, 3.8) is 0 Å². The van der Waals surface area contributed by atoms with Crippen LogP contribution in [0.2, 0.25) is 5.02 Å². The van der Waals surface area contributed by atoms with Gasteiger partial charge in [0.05, 0.1) is 0 Å². The number of ether oxygens (including phenoxy) is 1. The van der Waals surface area contributed by atoms with E-state index in [2.05, 4.69) is 9.97 Å². The van der Waals surface area contributed by atoms with Crippen LogP contribution in [0.1, 0.15) is 35.8 Å². The van der Waals surface area contributed by atoms with Gasteiger partial charge in [-0.1, -0.05) is 41.6 Å². The highest BCUT2D eigenvalue weighted by Crippen LogP contribution is 2.40. The first-order chi connectivity index (χ1) is 13.1. The summed E-state index contributed by atoms with van der Waals surface area (Å²) in [4.78, 5) is 23.8. The number of hydrogen-bond acceptors (Lipinski definition) is 6. The Balaban J connectivity index is 1.49. The highest BCUT2D eigenvalue weighted by Gasteiger charge is 2.23. The van der Waals surface area contributed by atoms with Crippen molar-refractivity contribution in [3.05, 3.63) is 51.6 Å². The third kappa shape index (κ3) is 3.98. The minimum atomic E-state index is -0.357. The Morgan fingerprint density at radius 2 is 2.11 bits per heavy atom. The molecule has 140 valence electrons. The van der Waals surface area contributed by atoms with Crippen LogP contribution in [-0.2, 0) is 29.0 Å². The number of esters is 1. The van der Waals surface area contributed by atoms with Gasteiger partial charge >= 0.3 is 5.97 Å². The fourth-order valence-electron chi connectivity index (χ4n) is 3.25. The molecule has 0 saturated heterocycles. The zero-order valence-corrected chi connectivity index (χ0v) is 17.3. The first-order valence-corrected chi connectivity index (χ1v) is 11.0. The van der Waals surface area contributed by atoms with Gasteiger partial charge in [0.15, 0.2) is 0 Å². The highest BCUT2D eigenvalue weighted by molar-refractivity contribution is 8.00. The molecule has 0 saturated carbocycles. The number of carbonyl (C=O) groups is 1. The minimum Gasteiger partial charge on any atom is -0.460 e. The number of nitrogens with zero attached hydrogens (tertiary/aromatic N) is 2. The predicted octanol–water partition coefficient (Wildman–Crippen LogP) is 5.45. The molecule has 0 bridgehead atoms. The Hall–Kier alpha value is -1.63. The maximum absolute atomic E-state index is 12.5. The normalized spacial score (nSPS) is 14.7. The van der Waals surface area contributed by atoms with Crippen LogP contribution in [0.25, 0.3) is 10.2 Å². The number of aromatic nitrogens is 2. The van der Waals surface area contributed by atoms with Crippen LogP contribution in [0.4, 0.5) is 0 Å². The molecule has 2 aromatic heterocycles. The maximum Gasteiger partial charge on any atom is 0.319 e. The van der Waals surface area contributed by atoms with Crippen LogP contribution in [-0.4, -0.2) is 21.2 Å². The monoisotopic (exact) mass is 418 g/mol. The van der Waals surface area contributed by atoms with E-state index in [1.165, 1.54) is 35.0 Å². The molecule has 0 spiro atoms. The number of benzene rings is 1. The molecule has 2 heterocycles. The summed E-state index contributed by atoms with van der Waals surface area (Å²) < 4.78 is 5.46. The minimum absolute atomic E-state index is 0.177. The van der Waals surface area contributed by atoms with Crippen LogP contribution >= 0.6 is 34.7 Å². The van der Waals surface area contributed by atoms with Crippen LogP contribution in [0.15, 0.2) is 35.6 Å². The summed E-state index contributed by atoms with van der Waals surface area (Å²) in [5.74, 6) is -0.268. The maximum atomic E-state index is 12.5. The molecule has 1 aromatic carbocycles. The second-order valence-electron chi connectivity index (χ2n) is 6.53. The first-order valence-electron chi connectivity index (χ1n) is 8.95. The molecule has 0 amide bonds. The summed E-state index contributed by atoms with van der Waals surface area (Å²) >= 11 is 9.33. The lowest BCUT2D eigenvalue weighted by Gasteiger charge is -2.14. The fourth-order valence-corrected chi connectivity index (χ4v) is 5.68. The van der Waals surface area contributed by atoms with Crippen molar-refractivity contribution >= 4 is 50.9 Å². The zero-order chi connectivity index (χ0) is 18.8. The smallest absolute Gasteiger partial charge is 0.319 e. The van der Waals surface area contributed by atoms with Gasteiger partial charge in [0.25, 0.3) is 0 Å². The SMILES string of the molecule is C[C@H](Sc1ncnc2sc3c(c12)CCCC3)C(=O)OCc1ccccc1Cl. The van der Waals surface area contributed by atoms with Crippen molar-refractivity contribution in [2.75, 3.05) is 0 Å². The molecule has 1 aliphatic carbocycles. The molecule has 3 aromatic rings. The van der Waals surface area contributed by atoms with Gasteiger partial charge in [0.2, 0.25) is 0 Å². The number of hydrogen-bond donors (Lipinski definition) is 0. The van der Waals surface area contributed by atoms with Gasteiger partial charge in [0, 0.05) is 20.8 Å². The standard InChI is InChI=1S/C20H19ClN2O2S2/c1-12(20(24)25-10-13-6-2-4-8-15(13)21)26-18-17-14-7-3-5-9-16(14)27-19(17)23-11-22-18/h2,4,6,8,11-12H,3,5,7,9-10H2,1H3/t12-/m0/s1. The number of halogens is 1. The summed E-state index contributed by atoms with van der Waals surface area (Å²) in [5, 5.41) is 2.26. The molecule has 0 fully saturated rings. The van der Waals surface area contributed by atoms with Crippen molar-refractivity contribution in [2.45, 2.75) is 49.5 Å². The number of carbonyl (C=O) groups excluding carboxylic acids is 1. The molecule has 1 aliphatic rings. The molecule has 0 N–H and O–H groups in total. The number of aryl methyl sites for hydroxylation is 2. The molecule has 1 atom stereocenters. The average Bonchev–Trinajstić information content (AvgIpc) is 3.06. The Bertz CT molecular complexity index is 989. The average molecular weight is 419 g/mol. The van der Waals surface area contributed by atoms with E-state index in [1.807, 2.05) is 25.1 Å². The number of rotatable bonds is 5. The summed E-state index contributed by atoms with van der Waals surface area (Å²) in [6.07, 6.45) is 6.22.